The molecule has 0 unspecified atom stereocenters. The number of hydrogen-bond acceptors (Lipinski definition) is 2. The van der Waals surface area contributed by atoms with Crippen LogP contribution in [-0.2, 0) is 0 Å². The van der Waals surface area contributed by atoms with Crippen molar-refractivity contribution in [2.75, 3.05) is 13.1 Å². The lowest BCUT2D eigenvalue weighted by Crippen LogP contribution is -2.26. The zero-order valence-corrected chi connectivity index (χ0v) is 8.29. The highest BCUT2D eigenvalue weighted by Gasteiger charge is 2.15. The fourth-order valence-corrected chi connectivity index (χ4v) is 2.62. The third kappa shape index (κ3) is 1.70. The molecule has 1 nitrogen and oxygen atoms in total. The molecule has 1 saturated heterocycles. The van der Waals surface area contributed by atoms with E-state index >= 15 is 0 Å². The minimum atomic E-state index is 0.830. The Morgan fingerprint density at radius 2 is 2.17 bits per heavy atom. The van der Waals surface area contributed by atoms with Crippen molar-refractivity contribution in [2.45, 2.75) is 25.7 Å². The predicted octanol–water partition coefficient (Wildman–Crippen LogP) is 2.52. The lowest BCUT2D eigenvalue weighted by Gasteiger charge is -2.21. The number of thiophene rings is 1. The minimum absolute atomic E-state index is 0.830. The van der Waals surface area contributed by atoms with E-state index in [1.165, 1.54) is 30.8 Å². The van der Waals surface area contributed by atoms with Gasteiger partial charge in [-0.1, -0.05) is 0 Å². The average Bonchev–Trinajstić information content (AvgIpc) is 2.54. The molecule has 12 heavy (non-hydrogen) atoms. The molecule has 1 aliphatic rings. The Labute approximate surface area is 77.8 Å². The standard InChI is InChI=1S/C10H15NS/c1-8-6-10(7-12-8)9-2-4-11-5-3-9/h6-7,9,11H,2-5H2,1H3. The van der Waals surface area contributed by atoms with Crippen LogP contribution in [0.3, 0.4) is 0 Å². The van der Waals surface area contributed by atoms with E-state index in [2.05, 4.69) is 23.7 Å². The Morgan fingerprint density at radius 3 is 2.75 bits per heavy atom. The fourth-order valence-electron chi connectivity index (χ4n) is 1.83. The Balaban J connectivity index is 2.08. The molecule has 0 atom stereocenters. The monoisotopic (exact) mass is 181 g/mol. The molecule has 0 amide bonds. The summed E-state index contributed by atoms with van der Waals surface area (Å²) in [5.41, 5.74) is 1.57. The van der Waals surface area contributed by atoms with E-state index in [1.807, 2.05) is 11.3 Å². The minimum Gasteiger partial charge on any atom is -0.317 e. The van der Waals surface area contributed by atoms with Gasteiger partial charge in [-0.15, -0.1) is 11.3 Å². The normalized spacial score (nSPS) is 19.8. The zero-order chi connectivity index (χ0) is 8.39. The second-order valence-electron chi connectivity index (χ2n) is 3.51. The third-order valence-electron chi connectivity index (χ3n) is 2.56. The first kappa shape index (κ1) is 8.27. The second-order valence-corrected chi connectivity index (χ2v) is 4.63. The molecule has 2 heteroatoms. The molecule has 0 aromatic carbocycles. The highest BCUT2D eigenvalue weighted by atomic mass is 32.1. The number of rotatable bonds is 1. The highest BCUT2D eigenvalue weighted by Crippen LogP contribution is 2.28. The molecule has 0 radical (unpaired) electrons. The molecular weight excluding hydrogens is 166 g/mol. The summed E-state index contributed by atoms with van der Waals surface area (Å²) in [6.45, 7) is 4.58. The van der Waals surface area contributed by atoms with Gasteiger partial charge in [0.25, 0.3) is 0 Å². The van der Waals surface area contributed by atoms with E-state index in [0.717, 1.165) is 5.92 Å². The molecule has 1 aromatic rings. The summed E-state index contributed by atoms with van der Waals surface area (Å²) in [6, 6.07) is 2.35. The third-order valence-corrected chi connectivity index (χ3v) is 3.44. The van der Waals surface area contributed by atoms with Crippen LogP contribution in [-0.4, -0.2) is 13.1 Å². The molecule has 2 heterocycles. The quantitative estimate of drug-likeness (QED) is 0.702. The van der Waals surface area contributed by atoms with E-state index < -0.39 is 0 Å². The van der Waals surface area contributed by atoms with Gasteiger partial charge >= 0.3 is 0 Å². The van der Waals surface area contributed by atoms with Crippen LogP contribution < -0.4 is 5.32 Å². The summed E-state index contributed by atoms with van der Waals surface area (Å²) in [4.78, 5) is 1.45. The van der Waals surface area contributed by atoms with Gasteiger partial charge in [0.2, 0.25) is 0 Å². The van der Waals surface area contributed by atoms with Crippen LogP contribution in [0.5, 0.6) is 0 Å². The Hall–Kier alpha value is -0.340. The SMILES string of the molecule is Cc1cc(C2CCNCC2)cs1. The van der Waals surface area contributed by atoms with Crippen LogP contribution in [0.15, 0.2) is 11.4 Å². The summed E-state index contributed by atoms with van der Waals surface area (Å²) in [5, 5.41) is 5.72. The number of nitrogens with one attached hydrogen (secondary N) is 1. The summed E-state index contributed by atoms with van der Waals surface area (Å²) < 4.78 is 0. The molecule has 1 N–H and O–H groups in total. The first-order valence-corrected chi connectivity index (χ1v) is 5.50. The summed E-state index contributed by atoms with van der Waals surface area (Å²) >= 11 is 1.88. The highest BCUT2D eigenvalue weighted by molar-refractivity contribution is 7.10. The van der Waals surface area contributed by atoms with Crippen molar-refractivity contribution in [1.29, 1.82) is 0 Å². The number of hydrogen-bond donors (Lipinski definition) is 1. The molecule has 1 aliphatic heterocycles. The van der Waals surface area contributed by atoms with Gasteiger partial charge in [0.15, 0.2) is 0 Å². The van der Waals surface area contributed by atoms with Gasteiger partial charge in [-0.2, -0.15) is 0 Å². The molecular formula is C10H15NS. The van der Waals surface area contributed by atoms with Crippen LogP contribution in [0.2, 0.25) is 0 Å². The first-order chi connectivity index (χ1) is 5.86. The van der Waals surface area contributed by atoms with E-state index in [9.17, 15) is 0 Å². The lowest BCUT2D eigenvalue weighted by molar-refractivity contribution is 0.461. The van der Waals surface area contributed by atoms with Crippen LogP contribution in [0.1, 0.15) is 29.2 Å². The van der Waals surface area contributed by atoms with Crippen molar-refractivity contribution in [1.82, 2.24) is 5.32 Å². The molecule has 0 saturated carbocycles. The Morgan fingerprint density at radius 1 is 1.42 bits per heavy atom. The molecule has 66 valence electrons. The van der Waals surface area contributed by atoms with Crippen LogP contribution in [0.25, 0.3) is 0 Å². The van der Waals surface area contributed by atoms with Crippen LogP contribution >= 0.6 is 11.3 Å². The average molecular weight is 181 g/mol. The van der Waals surface area contributed by atoms with Gasteiger partial charge in [0.1, 0.15) is 0 Å². The van der Waals surface area contributed by atoms with Crippen molar-refractivity contribution in [2.24, 2.45) is 0 Å². The fraction of sp³-hybridized carbons (Fsp3) is 0.600. The summed E-state index contributed by atoms with van der Waals surface area (Å²) in [6.07, 6.45) is 2.63. The van der Waals surface area contributed by atoms with Gasteiger partial charge in [-0.3, -0.25) is 0 Å². The topological polar surface area (TPSA) is 12.0 Å². The van der Waals surface area contributed by atoms with E-state index in [-0.39, 0.29) is 0 Å². The van der Waals surface area contributed by atoms with Crippen LogP contribution in [0, 0.1) is 6.92 Å². The van der Waals surface area contributed by atoms with Gasteiger partial charge in [0, 0.05) is 4.88 Å². The van der Waals surface area contributed by atoms with Gasteiger partial charge in [-0.25, -0.2) is 0 Å². The molecule has 2 rings (SSSR count). The molecule has 1 fully saturated rings. The predicted molar refractivity (Wildman–Crippen MR) is 53.9 cm³/mol. The first-order valence-electron chi connectivity index (χ1n) is 4.62. The van der Waals surface area contributed by atoms with Crippen molar-refractivity contribution >= 4 is 11.3 Å². The van der Waals surface area contributed by atoms with E-state index in [1.54, 1.807) is 5.56 Å². The smallest absolute Gasteiger partial charge is 0.00171 e. The maximum atomic E-state index is 3.39. The van der Waals surface area contributed by atoms with Gasteiger partial charge < -0.3 is 5.32 Å². The summed E-state index contributed by atoms with van der Waals surface area (Å²) in [7, 11) is 0. The second kappa shape index (κ2) is 3.58. The van der Waals surface area contributed by atoms with Crippen molar-refractivity contribution in [3.05, 3.63) is 21.9 Å². The van der Waals surface area contributed by atoms with Crippen LogP contribution in [0.4, 0.5) is 0 Å². The zero-order valence-electron chi connectivity index (χ0n) is 7.47. The Bertz CT molecular complexity index is 248. The molecule has 0 spiro atoms. The molecule has 1 aromatic heterocycles. The number of piperidine rings is 1. The maximum absolute atomic E-state index is 3.39. The molecule has 0 bridgehead atoms. The lowest BCUT2D eigenvalue weighted by atomic mass is 9.92. The van der Waals surface area contributed by atoms with E-state index in [4.69, 9.17) is 0 Å². The molecule has 0 aliphatic carbocycles. The largest absolute Gasteiger partial charge is 0.317 e. The maximum Gasteiger partial charge on any atom is 0.00171 e. The van der Waals surface area contributed by atoms with E-state index in [0.29, 0.717) is 0 Å². The number of aryl methyl sites for hydroxylation is 1. The summed E-state index contributed by atoms with van der Waals surface area (Å²) in [5.74, 6) is 0.830. The Kier molecular flexibility index (Phi) is 2.47. The van der Waals surface area contributed by atoms with Gasteiger partial charge in [-0.05, 0) is 55.8 Å². The van der Waals surface area contributed by atoms with Crippen molar-refractivity contribution in [3.8, 4) is 0 Å². The van der Waals surface area contributed by atoms with Gasteiger partial charge in [0.05, 0.1) is 0 Å². The van der Waals surface area contributed by atoms with Crippen molar-refractivity contribution < 1.29 is 0 Å². The van der Waals surface area contributed by atoms with Crippen molar-refractivity contribution in [3.63, 3.8) is 0 Å².